The molecule has 1 aromatic carbocycles. The molecule has 0 spiro atoms. The number of piperidine rings is 1. The van der Waals surface area contributed by atoms with Crippen LogP contribution in [-0.4, -0.2) is 29.9 Å². The minimum Gasteiger partial charge on any atom is -0.464 e. The van der Waals surface area contributed by atoms with Gasteiger partial charge in [-0.15, -0.1) is 0 Å². The fourth-order valence-electron chi connectivity index (χ4n) is 3.74. The summed E-state index contributed by atoms with van der Waals surface area (Å²) in [7, 11) is 0. The zero-order valence-electron chi connectivity index (χ0n) is 15.1. The van der Waals surface area contributed by atoms with E-state index in [9.17, 15) is 9.18 Å². The number of likely N-dealkylation sites (tertiary alicyclic amines) is 1. The Morgan fingerprint density at radius 2 is 1.96 bits per heavy atom. The molecule has 1 N–H and O–H groups in total. The van der Waals surface area contributed by atoms with Crippen molar-refractivity contribution < 1.29 is 13.6 Å². The summed E-state index contributed by atoms with van der Waals surface area (Å²) in [5.41, 5.74) is 0.163. The summed E-state index contributed by atoms with van der Waals surface area (Å²) in [6.45, 7) is 4.26. The maximum atomic E-state index is 13.8. The molecule has 2 heterocycles. The quantitative estimate of drug-likeness (QED) is 0.883. The Labute approximate surface area is 153 Å². The van der Waals surface area contributed by atoms with Crippen LogP contribution in [0.25, 0.3) is 0 Å². The zero-order chi connectivity index (χ0) is 18.1. The summed E-state index contributed by atoms with van der Waals surface area (Å²) < 4.78 is 19.7. The van der Waals surface area contributed by atoms with Gasteiger partial charge in [-0.3, -0.25) is 4.79 Å². The zero-order valence-corrected chi connectivity index (χ0v) is 15.1. The van der Waals surface area contributed by atoms with Crippen molar-refractivity contribution in [3.8, 4) is 0 Å². The van der Waals surface area contributed by atoms with Crippen LogP contribution in [0.4, 0.5) is 4.39 Å². The number of halogens is 1. The molecule has 138 valence electrons. The predicted molar refractivity (Wildman–Crippen MR) is 97.4 cm³/mol. The lowest BCUT2D eigenvalue weighted by molar-refractivity contribution is 0.0699. The molecule has 4 rings (SSSR count). The van der Waals surface area contributed by atoms with E-state index in [2.05, 4.69) is 24.4 Å². The number of nitrogens with one attached hydrogen (secondary N) is 1. The molecule has 1 aliphatic heterocycles. The van der Waals surface area contributed by atoms with Crippen LogP contribution in [0.1, 0.15) is 54.0 Å². The fraction of sp³-hybridized carbons (Fsp3) is 0.476. The van der Waals surface area contributed by atoms with Crippen LogP contribution in [0.3, 0.4) is 0 Å². The second kappa shape index (κ2) is 7.23. The highest BCUT2D eigenvalue weighted by atomic mass is 19.1. The lowest BCUT2D eigenvalue weighted by atomic mass is 10.0. The summed E-state index contributed by atoms with van der Waals surface area (Å²) in [6, 6.07) is 10.7. The van der Waals surface area contributed by atoms with Crippen molar-refractivity contribution in [2.45, 2.75) is 44.7 Å². The maximum Gasteiger partial charge on any atom is 0.256 e. The van der Waals surface area contributed by atoms with Crippen molar-refractivity contribution in [3.05, 3.63) is 59.3 Å². The SMILES string of the molecule is CC1CC1c1ccc(CNC2CCN(C(=O)c3ccccc3F)CC2)o1. The first-order valence-corrected chi connectivity index (χ1v) is 9.47. The van der Waals surface area contributed by atoms with Crippen LogP contribution >= 0.6 is 0 Å². The summed E-state index contributed by atoms with van der Waals surface area (Å²) >= 11 is 0. The summed E-state index contributed by atoms with van der Waals surface area (Å²) in [6.07, 6.45) is 2.97. The van der Waals surface area contributed by atoms with Gasteiger partial charge in [0.25, 0.3) is 5.91 Å². The number of rotatable bonds is 5. The lowest BCUT2D eigenvalue weighted by Crippen LogP contribution is -2.44. The molecule has 1 aliphatic carbocycles. The van der Waals surface area contributed by atoms with E-state index in [1.54, 1.807) is 23.1 Å². The summed E-state index contributed by atoms with van der Waals surface area (Å²) in [5.74, 6) is 2.78. The molecule has 2 aromatic rings. The fourth-order valence-corrected chi connectivity index (χ4v) is 3.74. The molecule has 2 aliphatic rings. The third-order valence-electron chi connectivity index (χ3n) is 5.61. The van der Waals surface area contributed by atoms with Crippen molar-refractivity contribution in [2.24, 2.45) is 5.92 Å². The number of hydrogen-bond donors (Lipinski definition) is 1. The Morgan fingerprint density at radius 3 is 2.65 bits per heavy atom. The second-order valence-electron chi connectivity index (χ2n) is 7.55. The normalized spacial score (nSPS) is 23.2. The number of amides is 1. The van der Waals surface area contributed by atoms with E-state index in [4.69, 9.17) is 4.42 Å². The first kappa shape index (κ1) is 17.3. The molecule has 26 heavy (non-hydrogen) atoms. The monoisotopic (exact) mass is 356 g/mol. The van der Waals surface area contributed by atoms with Crippen molar-refractivity contribution in [1.29, 1.82) is 0 Å². The predicted octanol–water partition coefficient (Wildman–Crippen LogP) is 3.94. The topological polar surface area (TPSA) is 45.5 Å². The molecular formula is C21H25FN2O2. The molecule has 5 heteroatoms. The van der Waals surface area contributed by atoms with E-state index >= 15 is 0 Å². The Bertz CT molecular complexity index is 780. The van der Waals surface area contributed by atoms with Crippen molar-refractivity contribution in [1.82, 2.24) is 10.2 Å². The molecule has 4 nitrogen and oxygen atoms in total. The van der Waals surface area contributed by atoms with E-state index < -0.39 is 5.82 Å². The van der Waals surface area contributed by atoms with E-state index in [-0.39, 0.29) is 11.5 Å². The molecule has 0 radical (unpaired) electrons. The Hall–Kier alpha value is -2.14. The molecule has 2 fully saturated rings. The summed E-state index contributed by atoms with van der Waals surface area (Å²) in [4.78, 5) is 14.2. The molecular weight excluding hydrogens is 331 g/mol. The number of furan rings is 1. The molecule has 1 amide bonds. The number of benzene rings is 1. The van der Waals surface area contributed by atoms with Gasteiger partial charge in [-0.2, -0.15) is 0 Å². The van der Waals surface area contributed by atoms with E-state index in [1.165, 1.54) is 12.5 Å². The van der Waals surface area contributed by atoms with Crippen LogP contribution in [0.2, 0.25) is 0 Å². The molecule has 2 atom stereocenters. The number of carbonyl (C=O) groups is 1. The number of carbonyl (C=O) groups excluding carboxylic acids is 1. The van der Waals surface area contributed by atoms with Crippen LogP contribution < -0.4 is 5.32 Å². The van der Waals surface area contributed by atoms with Gasteiger partial charge in [0, 0.05) is 25.0 Å². The van der Waals surface area contributed by atoms with Crippen molar-refractivity contribution in [2.75, 3.05) is 13.1 Å². The average Bonchev–Trinajstić information content (AvgIpc) is 3.20. The highest BCUT2D eigenvalue weighted by Gasteiger charge is 2.36. The largest absolute Gasteiger partial charge is 0.464 e. The van der Waals surface area contributed by atoms with Gasteiger partial charge in [-0.05, 0) is 49.4 Å². The third kappa shape index (κ3) is 3.68. The van der Waals surface area contributed by atoms with Crippen LogP contribution in [0.5, 0.6) is 0 Å². The van der Waals surface area contributed by atoms with E-state index in [0.29, 0.717) is 31.6 Å². The Balaban J connectivity index is 1.25. The number of hydrogen-bond acceptors (Lipinski definition) is 3. The first-order chi connectivity index (χ1) is 12.6. The van der Waals surface area contributed by atoms with Crippen LogP contribution in [0.15, 0.2) is 40.8 Å². The van der Waals surface area contributed by atoms with Gasteiger partial charge < -0.3 is 14.6 Å². The second-order valence-corrected chi connectivity index (χ2v) is 7.55. The summed E-state index contributed by atoms with van der Waals surface area (Å²) in [5, 5.41) is 3.53. The van der Waals surface area contributed by atoms with E-state index in [1.807, 2.05) is 0 Å². The van der Waals surface area contributed by atoms with E-state index in [0.717, 1.165) is 30.3 Å². The molecule has 1 saturated heterocycles. The Morgan fingerprint density at radius 1 is 1.23 bits per heavy atom. The molecule has 2 unspecified atom stereocenters. The van der Waals surface area contributed by atoms with Crippen molar-refractivity contribution in [3.63, 3.8) is 0 Å². The van der Waals surface area contributed by atoms with Gasteiger partial charge in [0.2, 0.25) is 0 Å². The average molecular weight is 356 g/mol. The Kier molecular flexibility index (Phi) is 4.81. The molecule has 1 saturated carbocycles. The van der Waals surface area contributed by atoms with Gasteiger partial charge in [-0.25, -0.2) is 4.39 Å². The van der Waals surface area contributed by atoms with Crippen LogP contribution in [-0.2, 0) is 6.54 Å². The lowest BCUT2D eigenvalue weighted by Gasteiger charge is -2.32. The van der Waals surface area contributed by atoms with Crippen molar-refractivity contribution >= 4 is 5.91 Å². The van der Waals surface area contributed by atoms with Gasteiger partial charge in [0.15, 0.2) is 0 Å². The first-order valence-electron chi connectivity index (χ1n) is 9.47. The molecule has 1 aromatic heterocycles. The van der Waals surface area contributed by atoms with Gasteiger partial charge in [0.1, 0.15) is 17.3 Å². The number of nitrogens with zero attached hydrogens (tertiary/aromatic N) is 1. The third-order valence-corrected chi connectivity index (χ3v) is 5.61. The minimum absolute atomic E-state index is 0.163. The van der Waals surface area contributed by atoms with Gasteiger partial charge in [0.05, 0.1) is 12.1 Å². The highest BCUT2D eigenvalue weighted by Crippen LogP contribution is 2.47. The smallest absolute Gasteiger partial charge is 0.256 e. The minimum atomic E-state index is -0.448. The highest BCUT2D eigenvalue weighted by molar-refractivity contribution is 5.94. The van der Waals surface area contributed by atoms with Crippen LogP contribution in [0, 0.1) is 11.7 Å². The standard InChI is InChI=1S/C21H25FN2O2/c1-14-12-18(14)20-7-6-16(26-20)13-23-15-8-10-24(11-9-15)21(25)17-4-2-3-5-19(17)22/h2-7,14-15,18,23H,8-13H2,1H3. The molecule has 0 bridgehead atoms. The van der Waals surface area contributed by atoms with Gasteiger partial charge >= 0.3 is 0 Å². The maximum absolute atomic E-state index is 13.8. The van der Waals surface area contributed by atoms with Gasteiger partial charge in [-0.1, -0.05) is 19.1 Å².